The third kappa shape index (κ3) is 3.03. The first kappa shape index (κ1) is 9.99. The molecule has 0 spiro atoms. The predicted octanol–water partition coefficient (Wildman–Crippen LogP) is 2.43. The van der Waals surface area contributed by atoms with Crippen molar-refractivity contribution in [3.8, 4) is 5.75 Å². The first-order valence-corrected chi connectivity index (χ1v) is 4.28. The maximum Gasteiger partial charge on any atom is 0.150 e. The zero-order valence-electron chi connectivity index (χ0n) is 8.10. The van der Waals surface area contributed by atoms with Crippen molar-refractivity contribution in [3.05, 3.63) is 29.6 Å². The zero-order chi connectivity index (χ0) is 9.84. The van der Waals surface area contributed by atoms with E-state index in [4.69, 9.17) is 4.84 Å². The molecule has 0 radical (unpaired) electrons. The lowest BCUT2D eigenvalue weighted by atomic mass is 10.2. The van der Waals surface area contributed by atoms with E-state index in [2.05, 4.69) is 5.48 Å². The highest BCUT2D eigenvalue weighted by Gasteiger charge is 2.00. The molecular weight excluding hydrogens is 169 g/mol. The molecule has 0 saturated carbocycles. The van der Waals surface area contributed by atoms with Gasteiger partial charge in [0.2, 0.25) is 0 Å². The van der Waals surface area contributed by atoms with E-state index in [1.165, 1.54) is 6.07 Å². The second kappa shape index (κ2) is 4.23. The van der Waals surface area contributed by atoms with Crippen LogP contribution in [0.5, 0.6) is 5.75 Å². The number of nitrogens with one attached hydrogen (secondary N) is 1. The first-order valence-electron chi connectivity index (χ1n) is 4.28. The van der Waals surface area contributed by atoms with Crippen molar-refractivity contribution in [2.24, 2.45) is 0 Å². The van der Waals surface area contributed by atoms with Gasteiger partial charge >= 0.3 is 0 Å². The van der Waals surface area contributed by atoms with E-state index in [9.17, 15) is 4.39 Å². The predicted molar refractivity (Wildman–Crippen MR) is 50.0 cm³/mol. The smallest absolute Gasteiger partial charge is 0.150 e. The summed E-state index contributed by atoms with van der Waals surface area (Å²) in [6, 6.07) is 5.00. The summed E-state index contributed by atoms with van der Waals surface area (Å²) in [6.45, 7) is 5.62. The zero-order valence-corrected chi connectivity index (χ0v) is 8.10. The minimum atomic E-state index is -0.247. The van der Waals surface area contributed by atoms with Gasteiger partial charge in [0, 0.05) is 12.1 Å². The molecule has 1 rings (SSSR count). The van der Waals surface area contributed by atoms with Gasteiger partial charge in [0.25, 0.3) is 0 Å². The van der Waals surface area contributed by atoms with Crippen molar-refractivity contribution in [3.63, 3.8) is 0 Å². The molecule has 0 heterocycles. The van der Waals surface area contributed by atoms with Gasteiger partial charge in [-0.2, -0.15) is 5.48 Å². The number of hydroxylamine groups is 1. The SMILES string of the molecule is Cc1ccc(ONC(C)C)cc1F. The summed E-state index contributed by atoms with van der Waals surface area (Å²) in [5, 5.41) is 0. The standard InChI is InChI=1S/C10H14FNO/c1-7(2)12-13-9-5-4-8(3)10(11)6-9/h4-7,12H,1-3H3. The molecule has 2 nitrogen and oxygen atoms in total. The fourth-order valence-corrected chi connectivity index (χ4v) is 0.823. The minimum absolute atomic E-state index is 0.212. The summed E-state index contributed by atoms with van der Waals surface area (Å²) >= 11 is 0. The molecule has 0 saturated heterocycles. The van der Waals surface area contributed by atoms with Crippen LogP contribution in [0, 0.1) is 12.7 Å². The quantitative estimate of drug-likeness (QED) is 0.727. The number of rotatable bonds is 3. The number of benzene rings is 1. The number of halogens is 1. The molecular formula is C10H14FNO. The fourth-order valence-electron chi connectivity index (χ4n) is 0.823. The Morgan fingerprint density at radius 1 is 1.38 bits per heavy atom. The van der Waals surface area contributed by atoms with Crippen molar-refractivity contribution in [1.29, 1.82) is 0 Å². The lowest BCUT2D eigenvalue weighted by Crippen LogP contribution is -2.26. The number of aryl methyl sites for hydroxylation is 1. The molecule has 0 bridgehead atoms. The van der Waals surface area contributed by atoms with Gasteiger partial charge in [-0.15, -0.1) is 0 Å². The molecule has 3 heteroatoms. The summed E-state index contributed by atoms with van der Waals surface area (Å²) < 4.78 is 13.0. The highest BCUT2D eigenvalue weighted by atomic mass is 19.1. The molecule has 0 aliphatic heterocycles. The Morgan fingerprint density at radius 2 is 2.08 bits per heavy atom. The Morgan fingerprint density at radius 3 is 2.62 bits per heavy atom. The van der Waals surface area contributed by atoms with Crippen molar-refractivity contribution < 1.29 is 9.23 Å². The Balaban J connectivity index is 2.63. The van der Waals surface area contributed by atoms with Crippen molar-refractivity contribution >= 4 is 0 Å². The van der Waals surface area contributed by atoms with Crippen molar-refractivity contribution in [1.82, 2.24) is 5.48 Å². The Labute approximate surface area is 77.7 Å². The van der Waals surface area contributed by atoms with Gasteiger partial charge < -0.3 is 4.84 Å². The maximum absolute atomic E-state index is 13.0. The summed E-state index contributed by atoms with van der Waals surface area (Å²) in [5.41, 5.74) is 3.36. The van der Waals surface area contributed by atoms with Crippen LogP contribution in [0.2, 0.25) is 0 Å². The normalized spacial score (nSPS) is 10.5. The molecule has 0 aliphatic rings. The highest BCUT2D eigenvalue weighted by Crippen LogP contribution is 2.14. The topological polar surface area (TPSA) is 21.3 Å². The molecule has 1 N–H and O–H groups in total. The van der Waals surface area contributed by atoms with Crippen LogP contribution >= 0.6 is 0 Å². The molecule has 0 fully saturated rings. The molecule has 0 atom stereocenters. The van der Waals surface area contributed by atoms with Crippen LogP contribution < -0.4 is 10.3 Å². The lowest BCUT2D eigenvalue weighted by molar-refractivity contribution is 0.168. The Bertz CT molecular complexity index is 286. The second-order valence-corrected chi connectivity index (χ2v) is 3.29. The van der Waals surface area contributed by atoms with Crippen LogP contribution in [0.25, 0.3) is 0 Å². The summed E-state index contributed by atoms with van der Waals surface area (Å²) in [5.74, 6) is 0.250. The van der Waals surface area contributed by atoms with Gasteiger partial charge in [0.15, 0.2) is 0 Å². The van der Waals surface area contributed by atoms with Crippen LogP contribution in [0.4, 0.5) is 4.39 Å². The lowest BCUT2D eigenvalue weighted by Gasteiger charge is -2.09. The van der Waals surface area contributed by atoms with Crippen molar-refractivity contribution in [2.75, 3.05) is 0 Å². The molecule has 1 aromatic carbocycles. The number of hydrogen-bond donors (Lipinski definition) is 1. The molecule has 0 aromatic heterocycles. The van der Waals surface area contributed by atoms with Gasteiger partial charge in [-0.3, -0.25) is 0 Å². The minimum Gasteiger partial charge on any atom is -0.408 e. The number of hydrogen-bond acceptors (Lipinski definition) is 2. The van der Waals surface area contributed by atoms with E-state index in [1.54, 1.807) is 19.1 Å². The van der Waals surface area contributed by atoms with Crippen molar-refractivity contribution in [2.45, 2.75) is 26.8 Å². The first-order chi connectivity index (χ1) is 6.09. The maximum atomic E-state index is 13.0. The summed E-state index contributed by atoms with van der Waals surface area (Å²) in [6.07, 6.45) is 0. The average Bonchev–Trinajstić information content (AvgIpc) is 2.07. The van der Waals surface area contributed by atoms with E-state index >= 15 is 0 Å². The van der Waals surface area contributed by atoms with Crippen LogP contribution in [-0.2, 0) is 0 Å². The van der Waals surface area contributed by atoms with Crippen LogP contribution in [0.15, 0.2) is 18.2 Å². The Kier molecular flexibility index (Phi) is 3.25. The van der Waals surface area contributed by atoms with E-state index in [0.29, 0.717) is 11.3 Å². The summed E-state index contributed by atoms with van der Waals surface area (Å²) in [4.78, 5) is 5.11. The van der Waals surface area contributed by atoms with Gasteiger partial charge in [-0.05, 0) is 32.4 Å². The average molecular weight is 183 g/mol. The van der Waals surface area contributed by atoms with E-state index < -0.39 is 0 Å². The van der Waals surface area contributed by atoms with Crippen LogP contribution in [0.1, 0.15) is 19.4 Å². The fraction of sp³-hybridized carbons (Fsp3) is 0.400. The largest absolute Gasteiger partial charge is 0.408 e. The molecule has 13 heavy (non-hydrogen) atoms. The monoisotopic (exact) mass is 183 g/mol. The second-order valence-electron chi connectivity index (χ2n) is 3.29. The summed E-state index contributed by atoms with van der Waals surface area (Å²) in [7, 11) is 0. The molecule has 72 valence electrons. The molecule has 0 unspecified atom stereocenters. The van der Waals surface area contributed by atoms with E-state index in [-0.39, 0.29) is 11.9 Å². The third-order valence-electron chi connectivity index (χ3n) is 1.56. The molecule has 1 aromatic rings. The highest BCUT2D eigenvalue weighted by molar-refractivity contribution is 5.27. The van der Waals surface area contributed by atoms with Gasteiger partial charge in [0.05, 0.1) is 0 Å². The van der Waals surface area contributed by atoms with Gasteiger partial charge in [0.1, 0.15) is 11.6 Å². The Hall–Kier alpha value is -1.09. The van der Waals surface area contributed by atoms with E-state index in [0.717, 1.165) is 0 Å². The van der Waals surface area contributed by atoms with E-state index in [1.807, 2.05) is 13.8 Å². The molecule has 0 aliphatic carbocycles. The van der Waals surface area contributed by atoms with Crippen LogP contribution in [0.3, 0.4) is 0 Å². The molecule has 0 amide bonds. The van der Waals surface area contributed by atoms with Crippen LogP contribution in [-0.4, -0.2) is 6.04 Å². The third-order valence-corrected chi connectivity index (χ3v) is 1.56. The van der Waals surface area contributed by atoms with Gasteiger partial charge in [-0.1, -0.05) is 6.07 Å². The van der Waals surface area contributed by atoms with Gasteiger partial charge in [-0.25, -0.2) is 4.39 Å².